The number of hydrogen-bond acceptors (Lipinski definition) is 3. The first-order valence-electron chi connectivity index (χ1n) is 8.22. The van der Waals surface area contributed by atoms with Gasteiger partial charge in [-0.25, -0.2) is 9.78 Å². The van der Waals surface area contributed by atoms with Gasteiger partial charge in [-0.15, -0.1) is 0 Å². The van der Waals surface area contributed by atoms with Gasteiger partial charge in [0.25, 0.3) is 0 Å². The third-order valence-corrected chi connectivity index (χ3v) is 4.05. The van der Waals surface area contributed by atoms with E-state index in [-0.39, 0.29) is 12.1 Å². The highest BCUT2D eigenvalue weighted by Gasteiger charge is 2.31. The van der Waals surface area contributed by atoms with Gasteiger partial charge in [0.05, 0.1) is 5.56 Å². The molecule has 0 bridgehead atoms. The van der Waals surface area contributed by atoms with E-state index in [1.165, 1.54) is 6.07 Å². The molecule has 8 heteroatoms. The molecule has 1 aromatic rings. The zero-order valence-electron chi connectivity index (χ0n) is 13.7. The van der Waals surface area contributed by atoms with Gasteiger partial charge in [-0.3, -0.25) is 0 Å². The number of alkyl halides is 3. The Bertz CT molecular complexity index is 525. The fourth-order valence-corrected chi connectivity index (χ4v) is 2.61. The fraction of sp³-hybridized carbons (Fsp3) is 0.625. The summed E-state index contributed by atoms with van der Waals surface area (Å²) >= 11 is 0. The molecule has 0 spiro atoms. The number of amides is 2. The van der Waals surface area contributed by atoms with Crippen molar-refractivity contribution in [1.29, 1.82) is 0 Å². The average Bonchev–Trinajstić information content (AvgIpc) is 2.55. The van der Waals surface area contributed by atoms with Crippen molar-refractivity contribution in [2.24, 2.45) is 0 Å². The quantitative estimate of drug-likeness (QED) is 0.807. The van der Waals surface area contributed by atoms with Crippen LogP contribution in [0.2, 0.25) is 0 Å². The van der Waals surface area contributed by atoms with Crippen molar-refractivity contribution in [3.05, 3.63) is 23.9 Å². The Kier molecular flexibility index (Phi) is 6.28. The van der Waals surface area contributed by atoms with E-state index in [0.29, 0.717) is 25.5 Å². The first-order chi connectivity index (χ1) is 11.4. The van der Waals surface area contributed by atoms with Gasteiger partial charge in [0.1, 0.15) is 5.82 Å². The molecule has 1 aliphatic rings. The maximum absolute atomic E-state index is 12.5. The highest BCUT2D eigenvalue weighted by atomic mass is 19.4. The van der Waals surface area contributed by atoms with Crippen molar-refractivity contribution < 1.29 is 18.0 Å². The molecule has 134 valence electrons. The van der Waals surface area contributed by atoms with Gasteiger partial charge in [-0.05, 0) is 31.4 Å². The Morgan fingerprint density at radius 1 is 1.33 bits per heavy atom. The van der Waals surface area contributed by atoms with Crippen LogP contribution in [0.4, 0.5) is 23.8 Å². The van der Waals surface area contributed by atoms with Gasteiger partial charge in [-0.1, -0.05) is 13.3 Å². The molecule has 0 atom stereocenters. The smallest absolute Gasteiger partial charge is 0.356 e. The Morgan fingerprint density at radius 3 is 2.58 bits per heavy atom. The lowest BCUT2D eigenvalue weighted by Crippen LogP contribution is -2.48. The molecule has 5 nitrogen and oxygen atoms in total. The van der Waals surface area contributed by atoms with Crippen molar-refractivity contribution in [1.82, 2.24) is 15.6 Å². The molecular formula is C16H23F3N4O. The number of piperidine rings is 1. The highest BCUT2D eigenvalue weighted by Crippen LogP contribution is 2.29. The monoisotopic (exact) mass is 344 g/mol. The summed E-state index contributed by atoms with van der Waals surface area (Å²) in [6.45, 7) is 4.03. The maximum atomic E-state index is 12.5. The Labute approximate surface area is 139 Å². The fourth-order valence-electron chi connectivity index (χ4n) is 2.61. The summed E-state index contributed by atoms with van der Waals surface area (Å²) in [4.78, 5) is 17.6. The zero-order valence-corrected chi connectivity index (χ0v) is 13.7. The van der Waals surface area contributed by atoms with E-state index in [0.717, 1.165) is 37.9 Å². The average molecular weight is 344 g/mol. The first kappa shape index (κ1) is 18.4. The number of pyridine rings is 1. The van der Waals surface area contributed by atoms with Crippen LogP contribution >= 0.6 is 0 Å². The van der Waals surface area contributed by atoms with Crippen LogP contribution in [0.3, 0.4) is 0 Å². The van der Waals surface area contributed by atoms with Gasteiger partial charge < -0.3 is 15.5 Å². The van der Waals surface area contributed by atoms with E-state index in [4.69, 9.17) is 0 Å². The van der Waals surface area contributed by atoms with Crippen LogP contribution in [0.15, 0.2) is 18.3 Å². The number of rotatable bonds is 5. The highest BCUT2D eigenvalue weighted by molar-refractivity contribution is 5.74. The van der Waals surface area contributed by atoms with E-state index < -0.39 is 11.7 Å². The van der Waals surface area contributed by atoms with Gasteiger partial charge in [0.2, 0.25) is 0 Å². The molecular weight excluding hydrogens is 321 g/mol. The minimum atomic E-state index is -4.37. The van der Waals surface area contributed by atoms with Crippen LogP contribution in [-0.2, 0) is 6.18 Å². The summed E-state index contributed by atoms with van der Waals surface area (Å²) in [6, 6.07) is 2.37. The lowest BCUT2D eigenvalue weighted by molar-refractivity contribution is -0.137. The molecule has 0 saturated carbocycles. The molecule has 0 aliphatic carbocycles. The van der Waals surface area contributed by atoms with Crippen LogP contribution < -0.4 is 15.5 Å². The Balaban J connectivity index is 1.79. The second-order valence-electron chi connectivity index (χ2n) is 5.92. The third kappa shape index (κ3) is 5.28. The van der Waals surface area contributed by atoms with Crippen molar-refractivity contribution in [3.63, 3.8) is 0 Å². The molecule has 0 radical (unpaired) electrons. The standard InChI is InChI=1S/C16H23F3N4O/c1-2-3-8-20-15(24)22-13-6-9-23(10-7-13)14-5-4-12(11-21-14)16(17,18)19/h4-5,11,13H,2-3,6-10H2,1H3,(H2,20,22,24). The topological polar surface area (TPSA) is 57.3 Å². The SMILES string of the molecule is CCCCNC(=O)NC1CCN(c2ccc(C(F)(F)F)cn2)CC1. The number of unbranched alkanes of at least 4 members (excludes halogenated alkanes) is 1. The number of anilines is 1. The Hall–Kier alpha value is -1.99. The van der Waals surface area contributed by atoms with Gasteiger partial charge in [-0.2, -0.15) is 13.2 Å². The normalized spacial score (nSPS) is 16.1. The predicted octanol–water partition coefficient (Wildman–Crippen LogP) is 3.17. The number of urea groups is 1. The van der Waals surface area contributed by atoms with Crippen LogP contribution in [0.25, 0.3) is 0 Å². The molecule has 1 saturated heterocycles. The molecule has 24 heavy (non-hydrogen) atoms. The van der Waals surface area contributed by atoms with Crippen LogP contribution in [-0.4, -0.2) is 36.7 Å². The largest absolute Gasteiger partial charge is 0.417 e. The second-order valence-corrected chi connectivity index (χ2v) is 5.92. The van der Waals surface area contributed by atoms with Crippen LogP contribution in [0.1, 0.15) is 38.2 Å². The summed E-state index contributed by atoms with van der Waals surface area (Å²) in [5.74, 6) is 0.536. The molecule has 2 rings (SSSR count). The van der Waals surface area contributed by atoms with E-state index in [9.17, 15) is 18.0 Å². The molecule has 0 aromatic carbocycles. The van der Waals surface area contributed by atoms with E-state index in [2.05, 4.69) is 22.5 Å². The second kappa shape index (κ2) is 8.21. The number of aromatic nitrogens is 1. The number of nitrogens with zero attached hydrogens (tertiary/aromatic N) is 2. The number of hydrogen-bond donors (Lipinski definition) is 2. The number of carbonyl (C=O) groups is 1. The van der Waals surface area contributed by atoms with E-state index >= 15 is 0 Å². The molecule has 0 unspecified atom stereocenters. The van der Waals surface area contributed by atoms with Gasteiger partial charge in [0, 0.05) is 31.9 Å². The maximum Gasteiger partial charge on any atom is 0.417 e. The summed E-state index contributed by atoms with van der Waals surface area (Å²) in [7, 11) is 0. The van der Waals surface area contributed by atoms with Gasteiger partial charge in [0.15, 0.2) is 0 Å². The Morgan fingerprint density at radius 2 is 2.04 bits per heavy atom. The van der Waals surface area contributed by atoms with Gasteiger partial charge >= 0.3 is 12.2 Å². The van der Waals surface area contributed by atoms with Crippen molar-refractivity contribution >= 4 is 11.8 Å². The molecule has 1 aromatic heterocycles. The van der Waals surface area contributed by atoms with Crippen molar-refractivity contribution in [3.8, 4) is 0 Å². The minimum Gasteiger partial charge on any atom is -0.356 e. The summed E-state index contributed by atoms with van der Waals surface area (Å²) in [5.41, 5.74) is -0.744. The molecule has 2 N–H and O–H groups in total. The molecule has 2 amide bonds. The van der Waals surface area contributed by atoms with E-state index in [1.54, 1.807) is 0 Å². The minimum absolute atomic E-state index is 0.0809. The van der Waals surface area contributed by atoms with Crippen LogP contribution in [0, 0.1) is 0 Å². The van der Waals surface area contributed by atoms with E-state index in [1.807, 2.05) is 4.90 Å². The summed E-state index contributed by atoms with van der Waals surface area (Å²) in [6.07, 6.45) is -0.0491. The van der Waals surface area contributed by atoms with Crippen molar-refractivity contribution in [2.45, 2.75) is 44.8 Å². The zero-order chi connectivity index (χ0) is 17.6. The number of carbonyl (C=O) groups excluding carboxylic acids is 1. The lowest BCUT2D eigenvalue weighted by Gasteiger charge is -2.33. The van der Waals surface area contributed by atoms with Crippen molar-refractivity contribution in [2.75, 3.05) is 24.5 Å². The lowest BCUT2D eigenvalue weighted by atomic mass is 10.1. The predicted molar refractivity (Wildman–Crippen MR) is 85.9 cm³/mol. The van der Waals surface area contributed by atoms with Crippen LogP contribution in [0.5, 0.6) is 0 Å². The number of halogens is 3. The summed E-state index contributed by atoms with van der Waals surface area (Å²) in [5, 5.41) is 5.74. The molecule has 1 aliphatic heterocycles. The molecule has 1 fully saturated rings. The third-order valence-electron chi connectivity index (χ3n) is 4.05. The molecule has 2 heterocycles. The number of nitrogens with one attached hydrogen (secondary N) is 2. The first-order valence-corrected chi connectivity index (χ1v) is 8.22. The summed E-state index contributed by atoms with van der Waals surface area (Å²) < 4.78 is 37.6.